The van der Waals surface area contributed by atoms with Gasteiger partial charge < -0.3 is 4.74 Å². The molecule has 0 spiro atoms. The molecule has 0 bridgehead atoms. The molecule has 6 heteroatoms. The van der Waals surface area contributed by atoms with E-state index in [-0.39, 0.29) is 23.5 Å². The Morgan fingerprint density at radius 2 is 1.72 bits per heavy atom. The molecule has 1 heterocycles. The molecule has 5 nitrogen and oxygen atoms in total. The topological polar surface area (TPSA) is 63.7 Å². The van der Waals surface area contributed by atoms with Gasteiger partial charge in [0, 0.05) is 6.04 Å². The zero-order valence-corrected chi connectivity index (χ0v) is 17.5. The molecule has 29 heavy (non-hydrogen) atoms. The van der Waals surface area contributed by atoms with E-state index in [0.717, 1.165) is 36.8 Å². The normalized spacial score (nSPS) is 24.8. The van der Waals surface area contributed by atoms with Gasteiger partial charge in [-0.3, -0.25) is 4.79 Å². The molecule has 1 aliphatic carbocycles. The summed E-state index contributed by atoms with van der Waals surface area (Å²) in [7, 11) is -3.77. The van der Waals surface area contributed by atoms with E-state index in [1.54, 1.807) is 24.3 Å². The Morgan fingerprint density at radius 1 is 1.03 bits per heavy atom. The van der Waals surface area contributed by atoms with Crippen molar-refractivity contribution in [2.75, 3.05) is 0 Å². The van der Waals surface area contributed by atoms with Crippen molar-refractivity contribution >= 4 is 16.0 Å². The standard InChI is InChI=1S/C23H27NO4S/c1-17-11-13-20(14-12-17)29(26,27)24-21-10-6-5-9-19(21)15-22(24)23(25)28-16-18-7-3-2-4-8-18/h2-4,7-8,11-14,19,21-22H,5-6,9-10,15-16H2,1H3/t19-,21+,22+/m1/s1. The molecule has 3 atom stereocenters. The maximum atomic E-state index is 13.5. The summed E-state index contributed by atoms with van der Waals surface area (Å²) in [6.07, 6.45) is 4.40. The van der Waals surface area contributed by atoms with E-state index < -0.39 is 22.0 Å². The predicted molar refractivity (Wildman–Crippen MR) is 111 cm³/mol. The predicted octanol–water partition coefficient (Wildman–Crippen LogP) is 4.06. The van der Waals surface area contributed by atoms with Crippen molar-refractivity contribution in [3.05, 3.63) is 65.7 Å². The maximum Gasteiger partial charge on any atom is 0.324 e. The SMILES string of the molecule is Cc1ccc(S(=O)(=O)N2[C@H](C(=O)OCc3ccccc3)C[C@H]3CCCC[C@@H]32)cc1. The third-order valence-electron chi connectivity index (χ3n) is 6.12. The Morgan fingerprint density at radius 3 is 2.45 bits per heavy atom. The van der Waals surface area contributed by atoms with Crippen LogP contribution in [0.4, 0.5) is 0 Å². The lowest BCUT2D eigenvalue weighted by Crippen LogP contribution is -2.46. The molecule has 0 unspecified atom stereocenters. The first kappa shape index (κ1) is 20.1. The first-order valence-corrected chi connectivity index (χ1v) is 11.7. The van der Waals surface area contributed by atoms with Gasteiger partial charge in [-0.25, -0.2) is 8.42 Å². The van der Waals surface area contributed by atoms with Gasteiger partial charge in [-0.05, 0) is 49.8 Å². The van der Waals surface area contributed by atoms with Gasteiger partial charge in [0.05, 0.1) is 4.90 Å². The number of aryl methyl sites for hydroxylation is 1. The molecule has 4 rings (SSSR count). The maximum absolute atomic E-state index is 13.5. The summed E-state index contributed by atoms with van der Waals surface area (Å²) in [5.41, 5.74) is 1.89. The van der Waals surface area contributed by atoms with Crippen LogP contribution < -0.4 is 0 Å². The summed E-state index contributed by atoms with van der Waals surface area (Å²) in [6.45, 7) is 2.08. The molecule has 0 N–H and O–H groups in total. The van der Waals surface area contributed by atoms with Crippen molar-refractivity contribution in [3.8, 4) is 0 Å². The summed E-state index contributed by atoms with van der Waals surface area (Å²) in [4.78, 5) is 13.2. The van der Waals surface area contributed by atoms with Gasteiger partial charge in [-0.1, -0.05) is 60.9 Å². The van der Waals surface area contributed by atoms with E-state index in [9.17, 15) is 13.2 Å². The number of esters is 1. The van der Waals surface area contributed by atoms with Crippen molar-refractivity contribution in [1.82, 2.24) is 4.31 Å². The number of rotatable bonds is 5. The third-order valence-corrected chi connectivity index (χ3v) is 8.07. The Kier molecular flexibility index (Phi) is 5.74. The minimum atomic E-state index is -3.77. The molecule has 1 saturated heterocycles. The summed E-state index contributed by atoms with van der Waals surface area (Å²) < 4.78 is 34.0. The highest BCUT2D eigenvalue weighted by Gasteiger charge is 2.51. The number of fused-ring (bicyclic) bond motifs is 1. The molecular formula is C23H27NO4S. The fourth-order valence-electron chi connectivity index (χ4n) is 4.62. The number of hydrogen-bond acceptors (Lipinski definition) is 4. The number of sulfonamides is 1. The highest BCUT2D eigenvalue weighted by molar-refractivity contribution is 7.89. The van der Waals surface area contributed by atoms with Crippen LogP contribution in [0.2, 0.25) is 0 Å². The molecule has 2 aromatic carbocycles. The van der Waals surface area contributed by atoms with E-state index in [1.807, 2.05) is 37.3 Å². The van der Waals surface area contributed by atoms with Crippen molar-refractivity contribution in [1.29, 1.82) is 0 Å². The molecule has 2 fully saturated rings. The van der Waals surface area contributed by atoms with E-state index in [2.05, 4.69) is 0 Å². The number of carbonyl (C=O) groups excluding carboxylic acids is 1. The summed E-state index contributed by atoms with van der Waals surface area (Å²) in [5.74, 6) is -0.225. The molecule has 0 radical (unpaired) electrons. The van der Waals surface area contributed by atoms with Gasteiger partial charge >= 0.3 is 5.97 Å². The summed E-state index contributed by atoms with van der Waals surface area (Å²) in [6, 6.07) is 15.5. The Balaban J connectivity index is 1.60. The Hall–Kier alpha value is -2.18. The lowest BCUT2D eigenvalue weighted by molar-refractivity contribution is -0.149. The van der Waals surface area contributed by atoms with Crippen LogP contribution in [0.1, 0.15) is 43.2 Å². The minimum absolute atomic E-state index is 0.121. The van der Waals surface area contributed by atoms with E-state index >= 15 is 0 Å². The fourth-order valence-corrected chi connectivity index (χ4v) is 6.49. The van der Waals surface area contributed by atoms with Crippen LogP contribution in [-0.4, -0.2) is 30.8 Å². The molecule has 2 aliphatic rings. The van der Waals surface area contributed by atoms with Crippen LogP contribution >= 0.6 is 0 Å². The van der Waals surface area contributed by atoms with Crippen molar-refractivity contribution in [3.63, 3.8) is 0 Å². The number of ether oxygens (including phenoxy) is 1. The second-order valence-corrected chi connectivity index (χ2v) is 9.95. The van der Waals surface area contributed by atoms with E-state index in [0.29, 0.717) is 6.42 Å². The largest absolute Gasteiger partial charge is 0.460 e. The van der Waals surface area contributed by atoms with E-state index in [1.165, 1.54) is 4.31 Å². The van der Waals surface area contributed by atoms with Gasteiger partial charge in [0.15, 0.2) is 0 Å². The van der Waals surface area contributed by atoms with Gasteiger partial charge in [0.2, 0.25) is 10.0 Å². The molecule has 0 amide bonds. The molecule has 1 aliphatic heterocycles. The van der Waals surface area contributed by atoms with Crippen LogP contribution in [0.15, 0.2) is 59.5 Å². The van der Waals surface area contributed by atoms with Crippen LogP contribution in [0.25, 0.3) is 0 Å². The third kappa shape index (κ3) is 4.09. The smallest absolute Gasteiger partial charge is 0.324 e. The van der Waals surface area contributed by atoms with Gasteiger partial charge in [0.1, 0.15) is 12.6 Å². The number of hydrogen-bond donors (Lipinski definition) is 0. The average Bonchev–Trinajstić information content (AvgIpc) is 3.13. The summed E-state index contributed by atoms with van der Waals surface area (Å²) in [5, 5.41) is 0. The van der Waals surface area contributed by atoms with Crippen molar-refractivity contribution in [2.24, 2.45) is 5.92 Å². The zero-order chi connectivity index (χ0) is 20.4. The lowest BCUT2D eigenvalue weighted by Gasteiger charge is -2.32. The minimum Gasteiger partial charge on any atom is -0.460 e. The van der Waals surface area contributed by atoms with Crippen LogP contribution in [0.5, 0.6) is 0 Å². The molecule has 154 valence electrons. The quantitative estimate of drug-likeness (QED) is 0.694. The van der Waals surface area contributed by atoms with Crippen LogP contribution in [0, 0.1) is 12.8 Å². The second-order valence-electron chi connectivity index (χ2n) is 8.10. The zero-order valence-electron chi connectivity index (χ0n) is 16.7. The average molecular weight is 414 g/mol. The molecule has 2 aromatic rings. The number of nitrogens with zero attached hydrogens (tertiary/aromatic N) is 1. The van der Waals surface area contributed by atoms with Crippen LogP contribution in [0.3, 0.4) is 0 Å². The van der Waals surface area contributed by atoms with Gasteiger partial charge in [-0.2, -0.15) is 4.31 Å². The van der Waals surface area contributed by atoms with E-state index in [4.69, 9.17) is 4.74 Å². The molecule has 1 saturated carbocycles. The molecule has 0 aromatic heterocycles. The number of benzene rings is 2. The summed E-state index contributed by atoms with van der Waals surface area (Å²) >= 11 is 0. The highest BCUT2D eigenvalue weighted by Crippen LogP contribution is 2.43. The molecular weight excluding hydrogens is 386 g/mol. The van der Waals surface area contributed by atoms with Gasteiger partial charge in [-0.15, -0.1) is 0 Å². The lowest BCUT2D eigenvalue weighted by atomic mass is 9.85. The first-order chi connectivity index (χ1) is 14.0. The number of carbonyl (C=O) groups is 1. The fraction of sp³-hybridized carbons (Fsp3) is 0.435. The first-order valence-electron chi connectivity index (χ1n) is 10.3. The monoisotopic (exact) mass is 413 g/mol. The highest BCUT2D eigenvalue weighted by atomic mass is 32.2. The van der Waals surface area contributed by atoms with Crippen molar-refractivity contribution in [2.45, 2.75) is 62.6 Å². The Bertz CT molecular complexity index is 956. The second kappa shape index (κ2) is 8.28. The van der Waals surface area contributed by atoms with Crippen molar-refractivity contribution < 1.29 is 17.9 Å². The van der Waals surface area contributed by atoms with Gasteiger partial charge in [0.25, 0.3) is 0 Å². The Labute approximate surface area is 172 Å². The van der Waals surface area contributed by atoms with Crippen LogP contribution in [-0.2, 0) is 26.2 Å².